The van der Waals surface area contributed by atoms with Gasteiger partial charge in [-0.2, -0.15) is 4.68 Å². The molecule has 0 fully saturated rings. The molecule has 3 heterocycles. The first-order valence-electron chi connectivity index (χ1n) is 11.0. The Balaban J connectivity index is 1.60. The van der Waals surface area contributed by atoms with E-state index in [1.165, 1.54) is 12.6 Å². The number of nitrogens with two attached hydrogens (primary N) is 1. The maximum atomic E-state index is 12.9. The van der Waals surface area contributed by atoms with Gasteiger partial charge in [0.1, 0.15) is 11.9 Å². The molecule has 38 heavy (non-hydrogen) atoms. The van der Waals surface area contributed by atoms with Gasteiger partial charge in [0.25, 0.3) is 0 Å². The zero-order valence-electron chi connectivity index (χ0n) is 19.8. The van der Waals surface area contributed by atoms with Crippen molar-refractivity contribution in [2.45, 2.75) is 12.6 Å². The predicted octanol–water partition coefficient (Wildman–Crippen LogP) is 2.43. The third kappa shape index (κ3) is 4.87. The molecule has 5 rings (SSSR count). The number of nitrogens with zero attached hydrogens (tertiary/aromatic N) is 3. The molecule has 0 saturated heterocycles. The van der Waals surface area contributed by atoms with E-state index in [-0.39, 0.29) is 29.3 Å². The summed E-state index contributed by atoms with van der Waals surface area (Å²) in [5.74, 6) is 1.08. The first-order valence-corrected chi connectivity index (χ1v) is 11.9. The van der Waals surface area contributed by atoms with Crippen LogP contribution in [0.4, 0.5) is 10.5 Å². The summed E-state index contributed by atoms with van der Waals surface area (Å²) < 4.78 is 22.3. The van der Waals surface area contributed by atoms with Crippen molar-refractivity contribution in [2.75, 3.05) is 19.2 Å². The molecule has 1 unspecified atom stereocenters. The topological polar surface area (TPSA) is 200 Å². The van der Waals surface area contributed by atoms with Crippen molar-refractivity contribution in [1.29, 1.82) is 5.41 Å². The highest BCUT2D eigenvalue weighted by Gasteiger charge is 2.26. The van der Waals surface area contributed by atoms with Crippen LogP contribution in [0.1, 0.15) is 28.6 Å². The van der Waals surface area contributed by atoms with E-state index >= 15 is 0 Å². The van der Waals surface area contributed by atoms with Crippen LogP contribution in [0.5, 0.6) is 16.6 Å². The highest BCUT2D eigenvalue weighted by Crippen LogP contribution is 2.39. The van der Waals surface area contributed by atoms with Gasteiger partial charge in [-0.15, -0.1) is 5.10 Å². The number of aromatic nitrogens is 4. The van der Waals surface area contributed by atoms with Crippen LogP contribution in [-0.2, 0) is 11.3 Å². The van der Waals surface area contributed by atoms with Crippen molar-refractivity contribution in [2.24, 2.45) is 5.73 Å². The molecule has 1 atom stereocenters. The number of aromatic amines is 1. The lowest BCUT2D eigenvalue weighted by atomic mass is 10.0. The second-order valence-electron chi connectivity index (χ2n) is 7.95. The number of nitrogen functional groups attached to an aromatic ring is 1. The third-order valence-corrected chi connectivity index (χ3v) is 6.26. The van der Waals surface area contributed by atoms with Crippen LogP contribution >= 0.6 is 11.3 Å². The lowest BCUT2D eigenvalue weighted by Crippen LogP contribution is -2.18. The molecule has 0 bridgehead atoms. The van der Waals surface area contributed by atoms with Gasteiger partial charge >= 0.3 is 11.8 Å². The van der Waals surface area contributed by atoms with E-state index in [1.54, 1.807) is 30.3 Å². The van der Waals surface area contributed by atoms with Gasteiger partial charge in [-0.3, -0.25) is 10.4 Å². The molecule has 0 amide bonds. The predicted molar refractivity (Wildman–Crippen MR) is 135 cm³/mol. The van der Waals surface area contributed by atoms with Crippen LogP contribution in [-0.4, -0.2) is 50.7 Å². The second-order valence-corrected chi connectivity index (χ2v) is 8.77. The Morgan fingerprint density at radius 3 is 2.84 bits per heavy atom. The molecule has 4 aromatic rings. The summed E-state index contributed by atoms with van der Waals surface area (Å²) in [6.45, 7) is 0.387. The summed E-state index contributed by atoms with van der Waals surface area (Å²) in [5.41, 5.74) is 8.84. The molecule has 0 saturated carbocycles. The number of rotatable bonds is 8. The number of H-pyrrole nitrogens is 1. The van der Waals surface area contributed by atoms with Gasteiger partial charge in [-0.1, -0.05) is 11.3 Å². The molecule has 1 aliphatic heterocycles. The molecule has 0 spiro atoms. The van der Waals surface area contributed by atoms with Gasteiger partial charge in [0, 0.05) is 16.8 Å². The van der Waals surface area contributed by atoms with Crippen molar-refractivity contribution in [3.63, 3.8) is 0 Å². The third-order valence-electron chi connectivity index (χ3n) is 5.56. The summed E-state index contributed by atoms with van der Waals surface area (Å²) >= 11 is 0.907. The second kappa shape index (κ2) is 10.2. The largest absolute Gasteiger partial charge is 0.512 e. The number of anilines is 1. The van der Waals surface area contributed by atoms with Crippen LogP contribution in [0, 0.1) is 5.41 Å². The van der Waals surface area contributed by atoms with Crippen molar-refractivity contribution >= 4 is 29.0 Å². The number of nitrogens with one attached hydrogen (secondary N) is 3. The van der Waals surface area contributed by atoms with Crippen LogP contribution in [0.15, 0.2) is 46.7 Å². The molecular weight excluding hydrogens is 518 g/mol. The standard InChI is InChI=1S/C23H21N7O7S/c1-34-15-7-12(6-13-8-35-10-36-17(13)15)16(27-14-4-2-11(3-5-14)18(24)25)19-28-22(31)30(29-19)20-21(37-23(32)33)38-9-26-20/h2-7,9,16,27H,8,10H2,1H3,(H3,24,25)(H,32,33)(H,28,29,31). The maximum Gasteiger partial charge on any atom is 0.512 e. The number of carbonyl (C=O) groups is 1. The minimum Gasteiger partial charge on any atom is -0.493 e. The van der Waals surface area contributed by atoms with Crippen molar-refractivity contribution in [1.82, 2.24) is 19.7 Å². The van der Waals surface area contributed by atoms with Gasteiger partial charge in [0.2, 0.25) is 10.9 Å². The fourth-order valence-corrected chi connectivity index (χ4v) is 4.49. The quantitative estimate of drug-likeness (QED) is 0.125. The van der Waals surface area contributed by atoms with E-state index in [9.17, 15) is 9.59 Å². The van der Waals surface area contributed by atoms with Crippen LogP contribution in [0.25, 0.3) is 5.82 Å². The van der Waals surface area contributed by atoms with Crippen molar-refractivity contribution in [3.05, 3.63) is 74.9 Å². The monoisotopic (exact) mass is 539 g/mol. The average molecular weight is 540 g/mol. The van der Waals surface area contributed by atoms with Gasteiger partial charge < -0.3 is 35.1 Å². The number of hydrogen-bond acceptors (Lipinski definition) is 11. The van der Waals surface area contributed by atoms with Crippen molar-refractivity contribution < 1.29 is 28.8 Å². The minimum absolute atomic E-state index is 0.0701. The lowest BCUT2D eigenvalue weighted by molar-refractivity contribution is -0.0180. The van der Waals surface area contributed by atoms with E-state index < -0.39 is 17.9 Å². The number of fused-ring (bicyclic) bond motifs is 1. The van der Waals surface area contributed by atoms with Crippen molar-refractivity contribution in [3.8, 4) is 22.4 Å². The fraction of sp³-hybridized carbons (Fsp3) is 0.174. The minimum atomic E-state index is -1.54. The number of amidine groups is 1. The molecule has 14 nitrogen and oxygen atoms in total. The van der Waals surface area contributed by atoms with E-state index in [0.29, 0.717) is 34.9 Å². The Bertz CT molecular complexity index is 1540. The Hall–Kier alpha value is -4.89. The molecule has 196 valence electrons. The fourth-order valence-electron chi connectivity index (χ4n) is 3.88. The van der Waals surface area contributed by atoms with Crippen LogP contribution in [0.2, 0.25) is 0 Å². The number of thiazole rings is 1. The highest BCUT2D eigenvalue weighted by molar-refractivity contribution is 7.12. The summed E-state index contributed by atoms with van der Waals surface area (Å²) in [5, 5.41) is 24.3. The van der Waals surface area contributed by atoms with E-state index in [2.05, 4.69) is 20.4 Å². The first-order chi connectivity index (χ1) is 18.3. The Morgan fingerprint density at radius 2 is 2.13 bits per heavy atom. The van der Waals surface area contributed by atoms with Gasteiger partial charge in [0.15, 0.2) is 24.1 Å². The maximum absolute atomic E-state index is 12.9. The Kier molecular flexibility index (Phi) is 6.68. The number of benzene rings is 2. The highest BCUT2D eigenvalue weighted by atomic mass is 32.1. The molecule has 0 radical (unpaired) electrons. The normalized spacial score (nSPS) is 13.2. The molecule has 1 aliphatic rings. The molecule has 0 aliphatic carbocycles. The number of carboxylic acid groups (broad SMARTS) is 1. The summed E-state index contributed by atoms with van der Waals surface area (Å²) in [7, 11) is 1.52. The zero-order valence-corrected chi connectivity index (χ0v) is 20.6. The van der Waals surface area contributed by atoms with Crippen LogP contribution < -0.4 is 31.0 Å². The first kappa shape index (κ1) is 24.8. The number of ether oxygens (including phenoxy) is 4. The zero-order chi connectivity index (χ0) is 26.8. The summed E-state index contributed by atoms with van der Waals surface area (Å²) in [4.78, 5) is 30.7. The van der Waals surface area contributed by atoms with E-state index in [1.807, 2.05) is 6.07 Å². The summed E-state index contributed by atoms with van der Waals surface area (Å²) in [6.07, 6.45) is -1.54. The molecule has 2 aromatic heterocycles. The molecule has 2 aromatic carbocycles. The molecular formula is C23H21N7O7S. The molecule has 6 N–H and O–H groups in total. The average Bonchev–Trinajstić information content (AvgIpc) is 3.52. The van der Waals surface area contributed by atoms with E-state index in [0.717, 1.165) is 21.6 Å². The Morgan fingerprint density at radius 1 is 1.34 bits per heavy atom. The smallest absolute Gasteiger partial charge is 0.493 e. The lowest BCUT2D eigenvalue weighted by Gasteiger charge is -2.24. The SMILES string of the molecule is COc1cc(C(Nc2ccc(C(=N)N)cc2)c2nn(-c3ncsc3OC(=O)O)c(=O)[nH]2)cc2c1OCOC2. The molecule has 15 heteroatoms. The number of methoxy groups -OCH3 is 1. The van der Waals surface area contributed by atoms with Gasteiger partial charge in [-0.25, -0.2) is 14.6 Å². The van der Waals surface area contributed by atoms with Gasteiger partial charge in [0.05, 0.1) is 19.2 Å². The van der Waals surface area contributed by atoms with E-state index in [4.69, 9.17) is 35.2 Å². The van der Waals surface area contributed by atoms with Crippen LogP contribution in [0.3, 0.4) is 0 Å². The van der Waals surface area contributed by atoms with Gasteiger partial charge in [-0.05, 0) is 42.0 Å². The summed E-state index contributed by atoms with van der Waals surface area (Å²) in [6, 6.07) is 9.71. The number of hydrogen-bond donors (Lipinski definition) is 5. The Labute approximate surface area is 218 Å².